The van der Waals surface area contributed by atoms with E-state index in [-0.39, 0.29) is 17.6 Å². The van der Waals surface area contributed by atoms with Crippen molar-refractivity contribution in [1.29, 1.82) is 0 Å². The van der Waals surface area contributed by atoms with Crippen LogP contribution in [0.5, 0.6) is 0 Å². The van der Waals surface area contributed by atoms with Crippen molar-refractivity contribution < 1.29 is 19.4 Å². The Hall–Kier alpha value is -1.74. The van der Waals surface area contributed by atoms with Gasteiger partial charge in [-0.3, -0.25) is 4.79 Å². The van der Waals surface area contributed by atoms with Gasteiger partial charge in [0.05, 0.1) is 24.4 Å². The molecule has 2 saturated heterocycles. The van der Waals surface area contributed by atoms with Crippen molar-refractivity contribution in [2.75, 3.05) is 24.6 Å². The molecule has 2 N–H and O–H groups in total. The molecule has 136 valence electrons. The highest BCUT2D eigenvalue weighted by Crippen LogP contribution is 2.43. The van der Waals surface area contributed by atoms with Gasteiger partial charge in [-0.25, -0.2) is 14.8 Å². The zero-order chi connectivity index (χ0) is 18.2. The molecule has 2 atom stereocenters. The van der Waals surface area contributed by atoms with Crippen LogP contribution in [0.1, 0.15) is 35.9 Å². The second-order valence-corrected chi connectivity index (χ2v) is 7.47. The highest BCUT2D eigenvalue weighted by Gasteiger charge is 2.50. The Bertz CT molecular complexity index is 691. The van der Waals surface area contributed by atoms with Gasteiger partial charge in [0.2, 0.25) is 0 Å². The maximum atomic E-state index is 11.4. The number of ether oxygens (including phenoxy) is 1. The van der Waals surface area contributed by atoms with E-state index in [1.807, 2.05) is 18.7 Å². The largest absolute Gasteiger partial charge is 0.465 e. The maximum Gasteiger partial charge on any atom is 0.404 e. The summed E-state index contributed by atoms with van der Waals surface area (Å²) < 4.78 is 6.31. The molecule has 2 aliphatic rings. The Morgan fingerprint density at radius 1 is 1.44 bits per heavy atom. The number of hydrogen-bond acceptors (Lipinski definition) is 6. The molecule has 0 unspecified atom stereocenters. The Labute approximate surface area is 154 Å². The number of carboxylic acid groups (broad SMARTS) is 1. The van der Waals surface area contributed by atoms with Gasteiger partial charge < -0.3 is 20.1 Å². The molecule has 2 aliphatic heterocycles. The predicted molar refractivity (Wildman–Crippen MR) is 94.1 cm³/mol. The zero-order valence-electron chi connectivity index (χ0n) is 14.2. The number of aryl methyl sites for hydroxylation is 1. The van der Waals surface area contributed by atoms with Crippen molar-refractivity contribution in [3.05, 3.63) is 16.0 Å². The third kappa shape index (κ3) is 3.35. The summed E-state index contributed by atoms with van der Waals surface area (Å²) in [6.07, 6.45) is 1.06. The summed E-state index contributed by atoms with van der Waals surface area (Å²) in [6, 6.07) is -0.226. The standard InChI is InChI=1S/C16H21BrN4O4/c1-9-13(17)19-11(7-22)14(18-9)21-5-3-16(4-6-21)8-25-10(2)12(16)20-15(23)24/h7,10,12,20H,3-6,8H2,1-2H3,(H,23,24)/t10-,12+/m0/s1. The van der Waals surface area contributed by atoms with E-state index in [1.165, 1.54) is 0 Å². The first-order valence-electron chi connectivity index (χ1n) is 8.21. The molecule has 1 aromatic rings. The fraction of sp³-hybridized carbons (Fsp3) is 0.625. The normalized spacial score (nSPS) is 25.2. The minimum atomic E-state index is -1.03. The molecule has 1 amide bonds. The quantitative estimate of drug-likeness (QED) is 0.731. The van der Waals surface area contributed by atoms with Gasteiger partial charge in [-0.1, -0.05) is 0 Å². The lowest BCUT2D eigenvalue weighted by Crippen LogP contribution is -2.54. The number of nitrogens with zero attached hydrogens (tertiary/aromatic N) is 3. The number of rotatable bonds is 3. The van der Waals surface area contributed by atoms with E-state index < -0.39 is 6.09 Å². The Morgan fingerprint density at radius 3 is 2.72 bits per heavy atom. The van der Waals surface area contributed by atoms with Crippen LogP contribution in [0.4, 0.5) is 10.6 Å². The van der Waals surface area contributed by atoms with Crippen molar-refractivity contribution >= 4 is 34.1 Å². The van der Waals surface area contributed by atoms with Crippen LogP contribution in [-0.2, 0) is 4.74 Å². The molecular formula is C16H21BrN4O4. The minimum Gasteiger partial charge on any atom is -0.465 e. The van der Waals surface area contributed by atoms with Crippen LogP contribution in [0, 0.1) is 12.3 Å². The number of piperidine rings is 1. The lowest BCUT2D eigenvalue weighted by molar-refractivity contribution is 0.0970. The fourth-order valence-corrected chi connectivity index (χ4v) is 4.09. The molecule has 3 rings (SSSR count). The van der Waals surface area contributed by atoms with Gasteiger partial charge in [-0.15, -0.1) is 0 Å². The van der Waals surface area contributed by atoms with Gasteiger partial charge in [-0.2, -0.15) is 0 Å². The number of anilines is 1. The molecule has 0 saturated carbocycles. The summed E-state index contributed by atoms with van der Waals surface area (Å²) in [5.74, 6) is 0.584. The Balaban J connectivity index is 1.79. The summed E-state index contributed by atoms with van der Waals surface area (Å²) in [5, 5.41) is 11.8. The summed E-state index contributed by atoms with van der Waals surface area (Å²) in [4.78, 5) is 33.3. The predicted octanol–water partition coefficient (Wildman–Crippen LogP) is 2.00. The van der Waals surface area contributed by atoms with Gasteiger partial charge in [-0.05, 0) is 42.6 Å². The molecule has 0 aliphatic carbocycles. The summed E-state index contributed by atoms with van der Waals surface area (Å²) in [6.45, 7) is 5.61. The summed E-state index contributed by atoms with van der Waals surface area (Å²) in [7, 11) is 0. The molecule has 1 aromatic heterocycles. The van der Waals surface area contributed by atoms with E-state index >= 15 is 0 Å². The average molecular weight is 413 g/mol. The zero-order valence-corrected chi connectivity index (χ0v) is 15.7. The van der Waals surface area contributed by atoms with Crippen molar-refractivity contribution in [3.8, 4) is 0 Å². The topological polar surface area (TPSA) is 105 Å². The van der Waals surface area contributed by atoms with Gasteiger partial charge >= 0.3 is 6.09 Å². The van der Waals surface area contributed by atoms with Gasteiger partial charge in [0.1, 0.15) is 10.3 Å². The third-order valence-electron chi connectivity index (χ3n) is 5.23. The smallest absolute Gasteiger partial charge is 0.404 e. The molecule has 8 nitrogen and oxygen atoms in total. The number of halogens is 1. The number of aromatic nitrogens is 2. The fourth-order valence-electron chi connectivity index (χ4n) is 3.81. The van der Waals surface area contributed by atoms with Crippen LogP contribution < -0.4 is 10.2 Å². The monoisotopic (exact) mass is 412 g/mol. The minimum absolute atomic E-state index is 0.150. The third-order valence-corrected chi connectivity index (χ3v) is 5.98. The number of nitrogens with one attached hydrogen (secondary N) is 1. The van der Waals surface area contributed by atoms with Crippen LogP contribution in [0.2, 0.25) is 0 Å². The van der Waals surface area contributed by atoms with Crippen molar-refractivity contribution in [1.82, 2.24) is 15.3 Å². The SMILES string of the molecule is Cc1nc(N2CCC3(CC2)CO[C@@H](C)[C@H]3NC(=O)O)c(C=O)nc1Br. The lowest BCUT2D eigenvalue weighted by atomic mass is 9.73. The summed E-state index contributed by atoms with van der Waals surface area (Å²) in [5.41, 5.74) is 0.821. The number of aldehydes is 1. The van der Waals surface area contributed by atoms with Gasteiger partial charge in [0.15, 0.2) is 12.1 Å². The average Bonchev–Trinajstić information content (AvgIpc) is 2.87. The van der Waals surface area contributed by atoms with E-state index in [9.17, 15) is 9.59 Å². The molecular weight excluding hydrogens is 392 g/mol. The molecule has 0 aromatic carbocycles. The van der Waals surface area contributed by atoms with E-state index in [4.69, 9.17) is 9.84 Å². The second-order valence-electron chi connectivity index (χ2n) is 6.72. The van der Waals surface area contributed by atoms with E-state index in [0.717, 1.165) is 18.5 Å². The van der Waals surface area contributed by atoms with Crippen LogP contribution in [0.3, 0.4) is 0 Å². The van der Waals surface area contributed by atoms with Crippen molar-refractivity contribution in [2.45, 2.75) is 38.8 Å². The molecule has 3 heterocycles. The Kier molecular flexibility index (Phi) is 4.97. The number of amides is 1. The van der Waals surface area contributed by atoms with Gasteiger partial charge in [0.25, 0.3) is 0 Å². The molecule has 9 heteroatoms. The molecule has 25 heavy (non-hydrogen) atoms. The van der Waals surface area contributed by atoms with E-state index in [0.29, 0.717) is 42.1 Å². The van der Waals surface area contributed by atoms with E-state index in [2.05, 4.69) is 31.2 Å². The molecule has 0 radical (unpaired) electrons. The highest BCUT2D eigenvalue weighted by molar-refractivity contribution is 9.10. The lowest BCUT2D eigenvalue weighted by Gasteiger charge is -2.42. The molecule has 0 bridgehead atoms. The first kappa shape index (κ1) is 18.1. The second kappa shape index (κ2) is 6.87. The van der Waals surface area contributed by atoms with Crippen LogP contribution in [0.15, 0.2) is 4.60 Å². The Morgan fingerprint density at radius 2 is 2.12 bits per heavy atom. The first-order chi connectivity index (χ1) is 11.9. The number of carbonyl (C=O) groups is 2. The first-order valence-corrected chi connectivity index (χ1v) is 9.01. The van der Waals surface area contributed by atoms with Gasteiger partial charge in [0, 0.05) is 18.5 Å². The highest BCUT2D eigenvalue weighted by atomic mass is 79.9. The van der Waals surface area contributed by atoms with Crippen LogP contribution >= 0.6 is 15.9 Å². The van der Waals surface area contributed by atoms with Crippen molar-refractivity contribution in [3.63, 3.8) is 0 Å². The van der Waals surface area contributed by atoms with Crippen molar-refractivity contribution in [2.24, 2.45) is 5.41 Å². The molecule has 2 fully saturated rings. The maximum absolute atomic E-state index is 11.4. The number of hydrogen-bond donors (Lipinski definition) is 2. The molecule has 1 spiro atoms. The summed E-state index contributed by atoms with van der Waals surface area (Å²) >= 11 is 3.30. The van der Waals surface area contributed by atoms with Crippen LogP contribution in [0.25, 0.3) is 0 Å². The van der Waals surface area contributed by atoms with Crippen LogP contribution in [-0.4, -0.2) is 59.3 Å². The van der Waals surface area contributed by atoms with E-state index in [1.54, 1.807) is 0 Å². The number of carbonyl (C=O) groups excluding carboxylic acids is 1.